The minimum Gasteiger partial charge on any atom is -0.409 e. The van der Waals surface area contributed by atoms with Crippen LogP contribution >= 0.6 is 0 Å². The lowest BCUT2D eigenvalue weighted by Gasteiger charge is -2.39. The largest absolute Gasteiger partial charge is 0.440 e. The molecule has 6 heterocycles. The zero-order chi connectivity index (χ0) is 53.2. The minimum absolute atomic E-state index is 0.0388. The van der Waals surface area contributed by atoms with Crippen LogP contribution in [0, 0.1) is 24.0 Å². The second kappa shape index (κ2) is 24.4. The fourth-order valence-corrected chi connectivity index (χ4v) is 10.6. The molecule has 0 unspecified atom stereocenters. The first kappa shape index (κ1) is 54.8. The fraction of sp³-hybridized carbons (Fsp3) is 0.480. The topological polar surface area (TPSA) is 243 Å². The monoisotopic (exact) mass is 1060 g/mol. The summed E-state index contributed by atoms with van der Waals surface area (Å²) in [6.07, 6.45) is 13.2. The molecule has 0 saturated carbocycles. The number of aromatic nitrogens is 4. The van der Waals surface area contributed by atoms with Crippen molar-refractivity contribution in [3.05, 3.63) is 106 Å². The standard InChI is InChI=1S/C22H32N6O3S.C17H27N3.C11H10N4O6S/c1-17-6-7-19(20(16-17)26-11-4-5-12-26)25(2)18-8-13-27(14-9-18)22(29)28-15-10-21(23-28)24-32(3,30)31;1-14-5-6-16(17(13-14)20-11-3-4-12-20)19(2)15-7-9-18-10-8-15;1-22(19,20)13-10-6-7-14(12-10)11(16)21-9-4-2-8(3-5-9)15(17)18/h6-7,10,15-16,18H,4-5,8-9,11-14H2,1-3H3,(H,23,24);5-6,13,15,18H,3-4,7-12H2,1-2H3;2-7H,1H3,(H,12,13). The van der Waals surface area contributed by atoms with Gasteiger partial charge in [0.15, 0.2) is 11.6 Å². The molecule has 3 aromatic carbocycles. The summed E-state index contributed by atoms with van der Waals surface area (Å²) in [5.74, 6) is 0.191. The van der Waals surface area contributed by atoms with Crippen LogP contribution < -0.4 is 39.1 Å². The van der Waals surface area contributed by atoms with Gasteiger partial charge in [0.05, 0.1) is 40.2 Å². The number of rotatable bonds is 12. The highest BCUT2D eigenvalue weighted by molar-refractivity contribution is 7.92. The highest BCUT2D eigenvalue weighted by atomic mass is 32.2. The highest BCUT2D eigenvalue weighted by Crippen LogP contribution is 2.36. The van der Waals surface area contributed by atoms with Gasteiger partial charge in [-0.3, -0.25) is 19.6 Å². The average molecular weight is 1060 g/mol. The first-order valence-corrected chi connectivity index (χ1v) is 28.7. The third-order valence-corrected chi connectivity index (χ3v) is 14.6. The maximum atomic E-state index is 12.8. The molecule has 2 aromatic heterocycles. The molecule has 0 spiro atoms. The van der Waals surface area contributed by atoms with E-state index >= 15 is 0 Å². The van der Waals surface area contributed by atoms with Gasteiger partial charge in [-0.1, -0.05) is 12.1 Å². The molecule has 4 aliphatic heterocycles. The average Bonchev–Trinajstić information content (AvgIpc) is 4.24. The van der Waals surface area contributed by atoms with Gasteiger partial charge in [0.1, 0.15) is 5.75 Å². The molecule has 0 bridgehead atoms. The lowest BCUT2D eigenvalue weighted by molar-refractivity contribution is -0.384. The quantitative estimate of drug-likeness (QED) is 0.0867. The second-order valence-corrected chi connectivity index (χ2v) is 22.7. The van der Waals surface area contributed by atoms with E-state index < -0.39 is 31.1 Å². The number of ether oxygens (including phenoxy) is 1. The summed E-state index contributed by atoms with van der Waals surface area (Å²) < 4.78 is 56.1. The van der Waals surface area contributed by atoms with Crippen molar-refractivity contribution in [1.82, 2.24) is 29.8 Å². The number of nitro groups is 1. The van der Waals surface area contributed by atoms with Crippen molar-refractivity contribution < 1.29 is 36.1 Å². The van der Waals surface area contributed by atoms with Gasteiger partial charge >= 0.3 is 12.1 Å². The summed E-state index contributed by atoms with van der Waals surface area (Å²) in [6.45, 7) is 12.6. The fourth-order valence-electron chi connectivity index (χ4n) is 9.59. The summed E-state index contributed by atoms with van der Waals surface area (Å²) in [6, 6.07) is 22.1. The summed E-state index contributed by atoms with van der Waals surface area (Å²) >= 11 is 0. The Morgan fingerprint density at radius 2 is 1.11 bits per heavy atom. The van der Waals surface area contributed by atoms with Crippen molar-refractivity contribution in [2.75, 3.05) is 108 Å². The lowest BCUT2D eigenvalue weighted by Crippen LogP contribution is -2.47. The third kappa shape index (κ3) is 15.1. The number of hydrogen-bond donors (Lipinski definition) is 3. The first-order valence-electron chi connectivity index (χ1n) is 24.9. The molecule has 24 heteroatoms. The molecule has 3 N–H and O–H groups in total. The van der Waals surface area contributed by atoms with Crippen LogP contribution in [0.25, 0.3) is 0 Å². The number of likely N-dealkylation sites (tertiary alicyclic amines) is 1. The summed E-state index contributed by atoms with van der Waals surface area (Å²) in [4.78, 5) is 46.2. The lowest BCUT2D eigenvalue weighted by atomic mass is 10.0. The normalized spacial score (nSPS) is 16.4. The molecule has 0 aliphatic carbocycles. The van der Waals surface area contributed by atoms with Gasteiger partial charge in [-0.25, -0.2) is 26.4 Å². The van der Waals surface area contributed by atoms with Gasteiger partial charge in [-0.15, -0.1) is 10.2 Å². The number of piperidine rings is 2. The van der Waals surface area contributed by atoms with E-state index in [1.807, 2.05) is 0 Å². The molecule has 0 atom stereocenters. The van der Waals surface area contributed by atoms with Gasteiger partial charge in [-0.05, 0) is 126 Å². The Morgan fingerprint density at radius 1 is 0.662 bits per heavy atom. The number of nitro benzene ring substituents is 1. The van der Waals surface area contributed by atoms with Crippen LogP contribution in [0.1, 0.15) is 62.5 Å². The van der Waals surface area contributed by atoms with Crippen LogP contribution in [0.5, 0.6) is 5.75 Å². The van der Waals surface area contributed by atoms with E-state index in [9.17, 15) is 36.5 Å². The number of hydrogen-bond acceptors (Lipinski definition) is 16. The van der Waals surface area contributed by atoms with Gasteiger partial charge < -0.3 is 34.6 Å². The number of sulfonamides is 2. The van der Waals surface area contributed by atoms with E-state index in [-0.39, 0.29) is 29.1 Å². The number of nitrogens with zero attached hydrogens (tertiary/aromatic N) is 10. The SMILES string of the molecule is CS(=O)(=O)Nc1ccn(C(=O)Oc2ccc([N+](=O)[O-])cc2)n1.Cc1ccc(N(C)C2CCN(C(=O)n3ccc(NS(C)(=O)=O)n3)CC2)c(N2CCCC2)c1.Cc1ccc(N(C)C2CCNCC2)c(N2CCCC2)c1. The van der Waals surface area contributed by atoms with Gasteiger partial charge in [0.2, 0.25) is 20.0 Å². The highest BCUT2D eigenvalue weighted by Gasteiger charge is 2.29. The van der Waals surface area contributed by atoms with E-state index in [1.54, 1.807) is 4.90 Å². The number of amides is 1. The van der Waals surface area contributed by atoms with Crippen LogP contribution in [0.4, 0.5) is 49.7 Å². The molecule has 0 radical (unpaired) electrons. The summed E-state index contributed by atoms with van der Waals surface area (Å²) in [5.41, 5.74) is 7.94. The maximum Gasteiger partial charge on any atom is 0.440 e. The van der Waals surface area contributed by atoms with Crippen LogP contribution in [-0.2, 0) is 20.0 Å². The number of non-ortho nitro benzene ring substituents is 1. The van der Waals surface area contributed by atoms with Crippen molar-refractivity contribution in [3.63, 3.8) is 0 Å². The van der Waals surface area contributed by atoms with Crippen molar-refractivity contribution in [1.29, 1.82) is 0 Å². The Hall–Kier alpha value is -6.92. The minimum atomic E-state index is -3.50. The van der Waals surface area contributed by atoms with Crippen molar-refractivity contribution in [3.8, 4) is 5.75 Å². The Kier molecular flexibility index (Phi) is 18.1. The smallest absolute Gasteiger partial charge is 0.409 e. The Bertz CT molecular complexity index is 2940. The summed E-state index contributed by atoms with van der Waals surface area (Å²) in [5, 5.41) is 21.7. The molecule has 400 valence electrons. The number of benzene rings is 3. The van der Waals surface area contributed by atoms with E-state index in [0.29, 0.717) is 25.2 Å². The number of carbonyl (C=O) groups is 2. The van der Waals surface area contributed by atoms with E-state index in [4.69, 9.17) is 4.74 Å². The van der Waals surface area contributed by atoms with Gasteiger partial charge in [0.25, 0.3) is 5.69 Å². The Labute approximate surface area is 433 Å². The molecular formula is C50H69N13O9S2. The van der Waals surface area contributed by atoms with Crippen LogP contribution in [0.15, 0.2) is 85.2 Å². The van der Waals surface area contributed by atoms with E-state index in [1.165, 1.54) is 139 Å². The van der Waals surface area contributed by atoms with Crippen LogP contribution in [0.3, 0.4) is 0 Å². The summed E-state index contributed by atoms with van der Waals surface area (Å²) in [7, 11) is -2.50. The van der Waals surface area contributed by atoms with Crippen LogP contribution in [-0.4, -0.2) is 149 Å². The molecule has 4 fully saturated rings. The number of aryl methyl sites for hydroxylation is 2. The predicted octanol–water partition coefficient (Wildman–Crippen LogP) is 6.73. The number of anilines is 6. The van der Waals surface area contributed by atoms with Crippen LogP contribution in [0.2, 0.25) is 0 Å². The number of nitrogens with one attached hydrogen (secondary N) is 3. The molecular weight excluding hydrogens is 991 g/mol. The Morgan fingerprint density at radius 3 is 1.57 bits per heavy atom. The molecule has 74 heavy (non-hydrogen) atoms. The van der Waals surface area contributed by atoms with Crippen molar-refractivity contribution in [2.45, 2.75) is 77.3 Å². The first-order chi connectivity index (χ1) is 35.2. The second-order valence-electron chi connectivity index (χ2n) is 19.2. The molecule has 4 aliphatic rings. The molecule has 22 nitrogen and oxygen atoms in total. The van der Waals surface area contributed by atoms with E-state index in [0.717, 1.165) is 56.2 Å². The van der Waals surface area contributed by atoms with E-state index in [2.05, 4.69) is 109 Å². The van der Waals surface area contributed by atoms with Crippen molar-refractivity contribution >= 4 is 72.2 Å². The Balaban J connectivity index is 0.000000168. The maximum absolute atomic E-state index is 12.8. The zero-order valence-electron chi connectivity index (χ0n) is 43.0. The van der Waals surface area contributed by atoms with Crippen molar-refractivity contribution in [2.24, 2.45) is 0 Å². The number of carbonyl (C=O) groups excluding carboxylic acids is 2. The molecule has 4 saturated heterocycles. The molecule has 1 amide bonds. The van der Waals surface area contributed by atoms with Gasteiger partial charge in [0, 0.05) is 102 Å². The molecule has 9 rings (SSSR count). The zero-order valence-corrected chi connectivity index (χ0v) is 44.6. The van der Waals surface area contributed by atoms with Gasteiger partial charge in [-0.2, -0.15) is 9.36 Å². The molecule has 5 aromatic rings. The third-order valence-electron chi connectivity index (χ3n) is 13.4. The predicted molar refractivity (Wildman–Crippen MR) is 289 cm³/mol.